The van der Waals surface area contributed by atoms with E-state index < -0.39 is 0 Å². The van der Waals surface area contributed by atoms with Crippen LogP contribution in [0.25, 0.3) is 0 Å². The minimum absolute atomic E-state index is 0. The van der Waals surface area contributed by atoms with Gasteiger partial charge in [0.05, 0.1) is 12.1 Å². The van der Waals surface area contributed by atoms with Crippen LogP contribution in [-0.2, 0) is 9.53 Å². The Balaban J connectivity index is 0.00000169. The highest BCUT2D eigenvalue weighted by Gasteiger charge is 2.12. The molecule has 0 amide bonds. The van der Waals surface area contributed by atoms with Crippen LogP contribution in [-0.4, -0.2) is 19.1 Å². The predicted molar refractivity (Wildman–Crippen MR) is 61.4 cm³/mol. The largest absolute Gasteiger partial charge is 0.467 e. The van der Waals surface area contributed by atoms with E-state index in [2.05, 4.69) is 10.1 Å². The van der Waals surface area contributed by atoms with Crippen LogP contribution in [0, 0.1) is 6.92 Å². The van der Waals surface area contributed by atoms with Crippen molar-refractivity contribution in [2.24, 2.45) is 0 Å². The van der Waals surface area contributed by atoms with Gasteiger partial charge in [0, 0.05) is 4.88 Å². The summed E-state index contributed by atoms with van der Waals surface area (Å²) >= 11 is 1.63. The van der Waals surface area contributed by atoms with Crippen molar-refractivity contribution in [1.29, 1.82) is 0 Å². The van der Waals surface area contributed by atoms with Gasteiger partial charge in [0.25, 0.3) is 0 Å². The minimum atomic E-state index is -0.289. The molecule has 0 fully saturated rings. The number of thiophene rings is 1. The Kier molecular flexibility index (Phi) is 5.57. The monoisotopic (exact) mass is 235 g/mol. The molecule has 5 heteroatoms. The molecule has 1 rings (SSSR count). The highest BCUT2D eigenvalue weighted by molar-refractivity contribution is 7.16. The van der Waals surface area contributed by atoms with Gasteiger partial charge >= 0.3 is 5.97 Å². The van der Waals surface area contributed by atoms with Crippen LogP contribution >= 0.6 is 23.7 Å². The van der Waals surface area contributed by atoms with Gasteiger partial charge < -0.3 is 10.1 Å². The highest BCUT2D eigenvalue weighted by Crippen LogP contribution is 2.21. The van der Waals surface area contributed by atoms with Gasteiger partial charge in [-0.2, -0.15) is 0 Å². The molecule has 0 radical (unpaired) electrons. The topological polar surface area (TPSA) is 38.3 Å². The molecule has 3 nitrogen and oxygen atoms in total. The molecular formula is C9H14ClNO2S. The number of esters is 1. The third-order valence-corrected chi connectivity index (χ3v) is 2.59. The molecule has 1 aromatic rings. The van der Waals surface area contributed by atoms with E-state index in [0.29, 0.717) is 0 Å². The van der Waals surface area contributed by atoms with Crippen LogP contribution in [0.3, 0.4) is 0 Å². The average Bonchev–Trinajstić information content (AvgIpc) is 2.49. The number of anilines is 1. The molecule has 0 aliphatic heterocycles. The lowest BCUT2D eigenvalue weighted by Crippen LogP contribution is -2.26. The van der Waals surface area contributed by atoms with Gasteiger partial charge in [0.2, 0.25) is 0 Å². The summed E-state index contributed by atoms with van der Waals surface area (Å²) in [6.07, 6.45) is 0. The van der Waals surface area contributed by atoms with Gasteiger partial charge in [-0.25, -0.2) is 4.79 Å². The van der Waals surface area contributed by atoms with Crippen LogP contribution in [0.4, 0.5) is 5.00 Å². The smallest absolute Gasteiger partial charge is 0.328 e. The zero-order valence-electron chi connectivity index (χ0n) is 8.37. The van der Waals surface area contributed by atoms with E-state index in [1.165, 1.54) is 12.0 Å². The summed E-state index contributed by atoms with van der Waals surface area (Å²) in [6, 6.07) is 3.68. The molecule has 0 aliphatic carbocycles. The summed E-state index contributed by atoms with van der Waals surface area (Å²) in [7, 11) is 1.39. The average molecular weight is 236 g/mol. The fourth-order valence-corrected chi connectivity index (χ4v) is 1.82. The van der Waals surface area contributed by atoms with Crippen molar-refractivity contribution < 1.29 is 9.53 Å². The molecular weight excluding hydrogens is 222 g/mol. The van der Waals surface area contributed by atoms with E-state index in [9.17, 15) is 4.79 Å². The van der Waals surface area contributed by atoms with Crippen molar-refractivity contribution in [3.63, 3.8) is 0 Å². The van der Waals surface area contributed by atoms with Crippen LogP contribution in [0.5, 0.6) is 0 Å². The molecule has 0 spiro atoms. The number of hydrogen-bond donors (Lipinski definition) is 1. The summed E-state index contributed by atoms with van der Waals surface area (Å²) in [5.41, 5.74) is 0. The fourth-order valence-electron chi connectivity index (χ4n) is 0.961. The highest BCUT2D eigenvalue weighted by atomic mass is 35.5. The number of aryl methyl sites for hydroxylation is 1. The third-order valence-electron chi connectivity index (χ3n) is 1.65. The second-order valence-corrected chi connectivity index (χ2v) is 4.09. The van der Waals surface area contributed by atoms with Crippen molar-refractivity contribution in [2.45, 2.75) is 19.9 Å². The first-order valence-electron chi connectivity index (χ1n) is 4.04. The Morgan fingerprint density at radius 1 is 1.57 bits per heavy atom. The molecule has 0 bridgehead atoms. The number of rotatable bonds is 3. The first kappa shape index (κ1) is 13.3. The predicted octanol–water partition coefficient (Wildman–Crippen LogP) is 2.45. The van der Waals surface area contributed by atoms with Crippen molar-refractivity contribution in [1.82, 2.24) is 0 Å². The number of carbonyl (C=O) groups excluding carboxylic acids is 1. The summed E-state index contributed by atoms with van der Waals surface area (Å²) < 4.78 is 4.59. The summed E-state index contributed by atoms with van der Waals surface area (Å²) in [4.78, 5) is 12.3. The standard InChI is InChI=1S/C9H13NO2S.ClH/c1-6-4-5-8(13-6)10-7(2)9(11)12-3;/h4-5,7,10H,1-3H3;1H. The van der Waals surface area contributed by atoms with Crippen LogP contribution in [0.15, 0.2) is 12.1 Å². The zero-order valence-corrected chi connectivity index (χ0v) is 10.00. The lowest BCUT2D eigenvalue weighted by Gasteiger charge is -2.10. The summed E-state index contributed by atoms with van der Waals surface area (Å²) in [5.74, 6) is -0.244. The second-order valence-electron chi connectivity index (χ2n) is 2.80. The van der Waals surface area contributed by atoms with Gasteiger partial charge in [-0.05, 0) is 26.0 Å². The number of nitrogens with one attached hydrogen (secondary N) is 1. The van der Waals surface area contributed by atoms with Crippen molar-refractivity contribution in [3.8, 4) is 0 Å². The Morgan fingerprint density at radius 3 is 2.64 bits per heavy atom. The molecule has 1 heterocycles. The normalized spacial score (nSPS) is 11.4. The molecule has 1 N–H and O–H groups in total. The first-order valence-corrected chi connectivity index (χ1v) is 4.86. The van der Waals surface area contributed by atoms with E-state index in [1.807, 2.05) is 19.1 Å². The quantitative estimate of drug-likeness (QED) is 0.818. The van der Waals surface area contributed by atoms with E-state index in [-0.39, 0.29) is 24.4 Å². The van der Waals surface area contributed by atoms with E-state index in [0.717, 1.165) is 5.00 Å². The van der Waals surface area contributed by atoms with E-state index in [4.69, 9.17) is 0 Å². The maximum atomic E-state index is 11.0. The molecule has 1 aromatic heterocycles. The number of carbonyl (C=O) groups is 1. The number of hydrogen-bond acceptors (Lipinski definition) is 4. The van der Waals surface area contributed by atoms with Gasteiger partial charge in [0.1, 0.15) is 6.04 Å². The molecule has 80 valence electrons. The summed E-state index contributed by atoms with van der Waals surface area (Å²) in [6.45, 7) is 3.81. The van der Waals surface area contributed by atoms with Gasteiger partial charge in [-0.1, -0.05) is 0 Å². The van der Waals surface area contributed by atoms with Gasteiger partial charge in [-0.15, -0.1) is 23.7 Å². The maximum Gasteiger partial charge on any atom is 0.328 e. The van der Waals surface area contributed by atoms with Crippen molar-refractivity contribution in [2.75, 3.05) is 12.4 Å². The van der Waals surface area contributed by atoms with Gasteiger partial charge in [0.15, 0.2) is 0 Å². The second kappa shape index (κ2) is 5.88. The molecule has 1 atom stereocenters. The number of methoxy groups -OCH3 is 1. The zero-order chi connectivity index (χ0) is 9.84. The molecule has 1 unspecified atom stereocenters. The lowest BCUT2D eigenvalue weighted by molar-refractivity contribution is -0.141. The maximum absolute atomic E-state index is 11.0. The SMILES string of the molecule is COC(=O)C(C)Nc1ccc(C)s1.Cl. The summed E-state index contributed by atoms with van der Waals surface area (Å²) in [5, 5.41) is 4.05. The molecule has 0 aliphatic rings. The molecule has 0 saturated carbocycles. The van der Waals surface area contributed by atoms with Crippen LogP contribution < -0.4 is 5.32 Å². The number of halogens is 1. The fraction of sp³-hybridized carbons (Fsp3) is 0.444. The van der Waals surface area contributed by atoms with Crippen LogP contribution in [0.1, 0.15) is 11.8 Å². The van der Waals surface area contributed by atoms with Crippen molar-refractivity contribution >= 4 is 34.7 Å². The Hall–Kier alpha value is -0.740. The van der Waals surface area contributed by atoms with Crippen LogP contribution in [0.2, 0.25) is 0 Å². The van der Waals surface area contributed by atoms with Gasteiger partial charge in [-0.3, -0.25) is 0 Å². The Morgan fingerprint density at radius 2 is 2.21 bits per heavy atom. The van der Waals surface area contributed by atoms with Crippen molar-refractivity contribution in [3.05, 3.63) is 17.0 Å². The molecule has 14 heavy (non-hydrogen) atoms. The van der Waals surface area contributed by atoms with E-state index >= 15 is 0 Å². The lowest BCUT2D eigenvalue weighted by atomic mass is 10.3. The third kappa shape index (κ3) is 3.55. The Bertz CT molecular complexity index is 301. The Labute approximate surface area is 93.9 Å². The molecule has 0 saturated heterocycles. The molecule has 0 aromatic carbocycles. The first-order chi connectivity index (χ1) is 6.13. The number of ether oxygens (including phenoxy) is 1. The van der Waals surface area contributed by atoms with E-state index in [1.54, 1.807) is 18.3 Å². The minimum Gasteiger partial charge on any atom is -0.467 e.